The number of nitrogens with zero attached hydrogens (tertiary/aromatic N) is 4. The quantitative estimate of drug-likeness (QED) is 0.161. The van der Waals surface area contributed by atoms with Crippen molar-refractivity contribution in [3.05, 3.63) is 49.7 Å². The first-order valence-electron chi connectivity index (χ1n) is 8.61. The number of ether oxygens (including phenoxy) is 1. The van der Waals surface area contributed by atoms with Crippen LogP contribution >= 0.6 is 62.3 Å². The minimum atomic E-state index is -1.00. The molecular weight excluding hydrogens is 593 g/mol. The van der Waals surface area contributed by atoms with E-state index in [0.29, 0.717) is 15.9 Å². The Kier molecular flexibility index (Phi) is 31.0. The van der Waals surface area contributed by atoms with E-state index in [1.807, 2.05) is 20.3 Å². The van der Waals surface area contributed by atoms with Gasteiger partial charge in [0.2, 0.25) is 10.6 Å². The number of hydrogen-bond donors (Lipinski definition) is 0. The maximum absolute atomic E-state index is 10.1. The van der Waals surface area contributed by atoms with Crippen LogP contribution in [0.3, 0.4) is 0 Å². The molecule has 1 aliphatic rings. The van der Waals surface area contributed by atoms with Gasteiger partial charge in [-0.1, -0.05) is 23.2 Å². The summed E-state index contributed by atoms with van der Waals surface area (Å²) >= 11 is 24.8. The second kappa shape index (κ2) is 26.7. The summed E-state index contributed by atoms with van der Waals surface area (Å²) in [4.78, 5) is 24.5. The predicted octanol–water partition coefficient (Wildman–Crippen LogP) is 3.38. The zero-order valence-corrected chi connectivity index (χ0v) is 23.6. The maximum Gasteiger partial charge on any atom is 2.00 e. The molecule has 31 heavy (non-hydrogen) atoms. The second-order valence-electron chi connectivity index (χ2n) is 4.68. The number of aldehydes is 1. The molecule has 1 saturated heterocycles. The molecule has 0 N–H and O–H groups in total. The molecule has 6 nitrogen and oxygen atoms in total. The summed E-state index contributed by atoms with van der Waals surface area (Å²) in [6.07, 6.45) is 7.89. The zero-order chi connectivity index (χ0) is 23.4. The van der Waals surface area contributed by atoms with Gasteiger partial charge >= 0.3 is 23.1 Å². The van der Waals surface area contributed by atoms with Gasteiger partial charge in [-0.15, -0.1) is 0 Å². The first-order chi connectivity index (χ1) is 14.3. The molecule has 0 atom stereocenters. The molecule has 0 saturated carbocycles. The van der Waals surface area contributed by atoms with E-state index in [-0.39, 0.29) is 56.7 Å². The van der Waals surface area contributed by atoms with Crippen LogP contribution in [-0.4, -0.2) is 69.6 Å². The number of alkyl halides is 1. The standard InChI is InChI=1S/C5H2Cl2N2O.C4HBrCl2N2.C4H8O.C3H7.CH3F.ClH.Mg/c6-4-3(2-10)1-8-5(7)9-4;5-2-1-8-4(7)9-3(2)6;1-2-4-5-3-1;1-3-2;1-2;;/h1-2H;1H;1-4H2;3H,1-2H3;1H3;1H;/q;;;-1;;;+2/p-1/i;;;;1D;;. The van der Waals surface area contributed by atoms with Crippen LogP contribution in [0.2, 0.25) is 20.9 Å². The maximum atomic E-state index is 10.1. The van der Waals surface area contributed by atoms with Crippen molar-refractivity contribution in [3.8, 4) is 0 Å². The molecule has 0 spiro atoms. The predicted molar refractivity (Wildman–Crippen MR) is 126 cm³/mol. The fraction of sp³-hybridized carbons (Fsp3) is 0.412. The second-order valence-corrected chi connectivity index (χ2v) is 6.92. The van der Waals surface area contributed by atoms with Crippen LogP contribution in [0.4, 0.5) is 4.39 Å². The molecule has 172 valence electrons. The zero-order valence-electron chi connectivity index (χ0n) is 17.8. The topological polar surface area (TPSA) is 77.9 Å². The monoisotopic (exact) mass is 611 g/mol. The summed E-state index contributed by atoms with van der Waals surface area (Å²) in [6, 6.07) is 0. The van der Waals surface area contributed by atoms with Crippen molar-refractivity contribution in [1.82, 2.24) is 19.9 Å². The number of rotatable bonds is 1. The van der Waals surface area contributed by atoms with Crippen molar-refractivity contribution in [1.29, 1.82) is 0 Å². The summed E-state index contributed by atoms with van der Waals surface area (Å²) in [6.45, 7) is 6.00. The third-order valence-corrected chi connectivity index (χ3v) is 4.13. The van der Waals surface area contributed by atoms with Gasteiger partial charge in [0.1, 0.15) is 10.3 Å². The first kappa shape index (κ1) is 36.0. The number of carbonyl (C=O) groups excluding carboxylic acids is 1. The molecule has 1 aliphatic heterocycles. The van der Waals surface area contributed by atoms with Gasteiger partial charge in [-0.25, -0.2) is 19.9 Å². The molecule has 2 aromatic rings. The van der Waals surface area contributed by atoms with Crippen LogP contribution in [-0.2, 0) is 4.74 Å². The van der Waals surface area contributed by atoms with E-state index < -0.39 is 7.15 Å². The summed E-state index contributed by atoms with van der Waals surface area (Å²) < 4.78 is 21.1. The molecule has 3 rings (SSSR count). The smallest absolute Gasteiger partial charge is 1.00 e. The van der Waals surface area contributed by atoms with Crippen LogP contribution in [0, 0.1) is 6.42 Å². The summed E-state index contributed by atoms with van der Waals surface area (Å²) in [5, 5.41) is 0.601. The average molecular weight is 615 g/mol. The summed E-state index contributed by atoms with van der Waals surface area (Å²) in [7, 11) is -1.00. The molecule has 0 aromatic carbocycles. The van der Waals surface area contributed by atoms with E-state index in [1.54, 1.807) is 0 Å². The first-order valence-corrected chi connectivity index (χ1v) is 10.2. The van der Waals surface area contributed by atoms with E-state index in [2.05, 4.69) is 35.9 Å². The van der Waals surface area contributed by atoms with Crippen molar-refractivity contribution in [2.45, 2.75) is 26.7 Å². The number of carbonyl (C=O) groups is 1. The van der Waals surface area contributed by atoms with Gasteiger partial charge < -0.3 is 23.6 Å². The van der Waals surface area contributed by atoms with Gasteiger partial charge in [-0.3, -0.25) is 9.18 Å². The number of halogens is 7. The Morgan fingerprint density at radius 1 is 1.10 bits per heavy atom. The Bertz CT molecular complexity index is 719. The van der Waals surface area contributed by atoms with Gasteiger partial charge in [-0.2, -0.15) is 13.8 Å². The van der Waals surface area contributed by atoms with E-state index in [9.17, 15) is 9.18 Å². The fourth-order valence-electron chi connectivity index (χ4n) is 1.27. The van der Waals surface area contributed by atoms with Gasteiger partial charge in [0.05, 0.1) is 18.6 Å². The van der Waals surface area contributed by atoms with E-state index in [0.717, 1.165) is 13.2 Å². The normalized spacial score (nSPS) is 10.9. The third kappa shape index (κ3) is 22.0. The Morgan fingerprint density at radius 2 is 1.52 bits per heavy atom. The summed E-state index contributed by atoms with van der Waals surface area (Å²) in [5.41, 5.74) is 0.242. The summed E-state index contributed by atoms with van der Waals surface area (Å²) in [5.74, 6) is 0. The van der Waals surface area contributed by atoms with Crippen LogP contribution in [0.1, 0.15) is 38.4 Å². The van der Waals surface area contributed by atoms with Crippen LogP contribution in [0.25, 0.3) is 0 Å². The number of aromatic nitrogens is 4. The molecule has 1 fully saturated rings. The van der Waals surface area contributed by atoms with Crippen molar-refractivity contribution in [2.24, 2.45) is 0 Å². The van der Waals surface area contributed by atoms with Crippen LogP contribution in [0.5, 0.6) is 0 Å². The largest absolute Gasteiger partial charge is 2.00 e. The average Bonchev–Trinajstić information content (AvgIpc) is 3.27. The van der Waals surface area contributed by atoms with E-state index in [4.69, 9.17) is 52.5 Å². The van der Waals surface area contributed by atoms with Crippen molar-refractivity contribution in [3.63, 3.8) is 0 Å². The Labute approximate surface area is 234 Å². The van der Waals surface area contributed by atoms with Crippen molar-refractivity contribution < 1.29 is 27.7 Å². The van der Waals surface area contributed by atoms with E-state index in [1.165, 1.54) is 25.2 Å². The molecule has 0 aliphatic carbocycles. The minimum absolute atomic E-state index is 0. The molecule has 0 amide bonds. The van der Waals surface area contributed by atoms with Crippen molar-refractivity contribution in [2.75, 3.05) is 20.4 Å². The molecular formula is C17H21BrCl5FMgN4O2. The van der Waals surface area contributed by atoms with E-state index >= 15 is 0 Å². The fourth-order valence-corrected chi connectivity index (χ4v) is 2.11. The van der Waals surface area contributed by atoms with Gasteiger partial charge in [0, 0.05) is 25.6 Å². The van der Waals surface area contributed by atoms with Gasteiger partial charge in [0.15, 0.2) is 6.29 Å². The number of hydrogen-bond acceptors (Lipinski definition) is 6. The SMILES string of the molecule is C1CCOC1.C[CH-]C.Clc1ncc(Br)c(Cl)n1.O=Cc1cnc(Cl)nc1Cl.[2H]CF.[Cl-].[Mg+2]. The Morgan fingerprint density at radius 3 is 1.81 bits per heavy atom. The van der Waals surface area contributed by atoms with Crippen LogP contribution < -0.4 is 12.4 Å². The molecule has 0 radical (unpaired) electrons. The molecule has 3 heterocycles. The molecule has 14 heteroatoms. The van der Waals surface area contributed by atoms with Crippen LogP contribution in [0.15, 0.2) is 16.9 Å². The Hall–Kier alpha value is 0.416. The molecule has 2 aromatic heterocycles. The molecule has 0 unspecified atom stereocenters. The minimum Gasteiger partial charge on any atom is -1.00 e. The van der Waals surface area contributed by atoms with Crippen molar-refractivity contribution >= 4 is 91.7 Å². The molecule has 0 bridgehead atoms. The Balaban J connectivity index is -0.000000164. The third-order valence-electron chi connectivity index (χ3n) is 2.37. The van der Waals surface area contributed by atoms with Gasteiger partial charge in [0.25, 0.3) is 0 Å². The van der Waals surface area contributed by atoms with Gasteiger partial charge in [-0.05, 0) is 52.0 Å².